The highest BCUT2D eigenvalue weighted by atomic mass is 127. The Bertz CT molecular complexity index is 251. The molecule has 0 fully saturated rings. The topological polar surface area (TPSA) is 40.2 Å². The van der Waals surface area contributed by atoms with Crippen molar-refractivity contribution in [2.24, 2.45) is 0 Å². The van der Waals surface area contributed by atoms with Crippen LogP contribution in [-0.4, -0.2) is 4.98 Å². The average Bonchev–Trinajstić information content (AvgIpc) is 2.34. The van der Waals surface area contributed by atoms with Gasteiger partial charge in [0.2, 0.25) is 0 Å². The predicted molar refractivity (Wildman–Crippen MR) is 47.5 cm³/mol. The largest absolute Gasteiger partial charge is 0.285 e. The van der Waals surface area contributed by atoms with Crippen LogP contribution in [-0.2, 0) is 0 Å². The Morgan fingerprint density at radius 1 is 1.60 bits per heavy atom. The van der Waals surface area contributed by atoms with E-state index in [1.807, 2.05) is 15.4 Å². The van der Waals surface area contributed by atoms with Gasteiger partial charge in [-0.05, 0) is 12.1 Å². The Labute approximate surface area is 72.1 Å². The third-order valence-electron chi connectivity index (χ3n) is 1.27. The van der Waals surface area contributed by atoms with Gasteiger partial charge in [0.05, 0.1) is 22.9 Å². The van der Waals surface area contributed by atoms with Crippen molar-refractivity contribution in [3.63, 3.8) is 0 Å². The zero-order chi connectivity index (χ0) is 6.97. The summed E-state index contributed by atoms with van der Waals surface area (Å²) in [5.74, 6) is 0.872. The molecule has 2 heterocycles. The van der Waals surface area contributed by atoms with Crippen LogP contribution < -0.4 is 14.2 Å². The summed E-state index contributed by atoms with van der Waals surface area (Å²) in [6.45, 7) is 0. The van der Waals surface area contributed by atoms with E-state index in [-0.39, 0.29) is 0 Å². The maximum atomic E-state index is 4.09. The molecule has 0 saturated carbocycles. The molecule has 4 nitrogen and oxygen atoms in total. The molecule has 0 spiro atoms. The monoisotopic (exact) mass is 248 g/mol. The second kappa shape index (κ2) is 2.24. The first-order valence-electron chi connectivity index (χ1n) is 2.80. The lowest BCUT2D eigenvalue weighted by atomic mass is 10.4. The molecule has 1 aliphatic rings. The number of fused-ring (bicyclic) bond motifs is 1. The van der Waals surface area contributed by atoms with Gasteiger partial charge in [0, 0.05) is 6.20 Å². The molecule has 0 bridgehead atoms. The van der Waals surface area contributed by atoms with Gasteiger partial charge in [-0.25, -0.2) is 8.21 Å². The van der Waals surface area contributed by atoms with Gasteiger partial charge in [-0.15, -0.1) is 5.53 Å². The molecular weight excluding hydrogens is 243 g/mol. The predicted octanol–water partition coefficient (Wildman–Crippen LogP) is 1.08. The van der Waals surface area contributed by atoms with E-state index in [9.17, 15) is 0 Å². The van der Waals surface area contributed by atoms with Crippen LogP contribution in [0.25, 0.3) is 0 Å². The van der Waals surface area contributed by atoms with Crippen molar-refractivity contribution in [3.05, 3.63) is 18.3 Å². The number of aromatic nitrogens is 1. The Balaban J connectivity index is 2.51. The lowest BCUT2D eigenvalue weighted by Crippen LogP contribution is -2.26. The number of anilines is 2. The lowest BCUT2D eigenvalue weighted by molar-refractivity contribution is 0.946. The lowest BCUT2D eigenvalue weighted by Gasteiger charge is -2.04. The fourth-order valence-electron chi connectivity index (χ4n) is 0.814. The average molecular weight is 248 g/mol. The summed E-state index contributed by atoms with van der Waals surface area (Å²) in [6.07, 6.45) is 1.75. The molecule has 0 unspecified atom stereocenters. The first-order valence-corrected chi connectivity index (χ1v) is 3.77. The molecule has 0 aliphatic carbocycles. The van der Waals surface area contributed by atoms with E-state index in [0.717, 1.165) is 11.5 Å². The summed E-state index contributed by atoms with van der Waals surface area (Å²) in [5, 5.41) is 0. The van der Waals surface area contributed by atoms with Crippen LogP contribution in [0.5, 0.6) is 0 Å². The van der Waals surface area contributed by atoms with Crippen molar-refractivity contribution in [2.45, 2.75) is 0 Å². The summed E-state index contributed by atoms with van der Waals surface area (Å²) in [5.41, 5.74) is 6.86. The van der Waals surface area contributed by atoms with Gasteiger partial charge in [0.1, 0.15) is 5.69 Å². The molecule has 2 N–H and O–H groups in total. The molecule has 2 rings (SSSR count). The Hall–Kier alpha value is -0.560. The third kappa shape index (κ3) is 0.816. The maximum Gasteiger partial charge on any atom is 0.167 e. The minimum atomic E-state index is 0.872. The molecule has 0 atom stereocenters. The highest BCUT2D eigenvalue weighted by molar-refractivity contribution is 14.1. The van der Waals surface area contributed by atoms with Crippen LogP contribution in [0.1, 0.15) is 0 Å². The van der Waals surface area contributed by atoms with Gasteiger partial charge in [-0.1, -0.05) is 0 Å². The van der Waals surface area contributed by atoms with Gasteiger partial charge in [0.25, 0.3) is 0 Å². The van der Waals surface area contributed by atoms with Gasteiger partial charge in [0.15, 0.2) is 5.82 Å². The van der Waals surface area contributed by atoms with E-state index in [4.69, 9.17) is 0 Å². The first-order chi connectivity index (χ1) is 4.88. The standard InChI is InChI=1S/C5H5IN4/c6-10-4-2-1-3-7-5(4)8-9-10/h1-3,9H,(H,7,8). The number of pyridine rings is 1. The minimum Gasteiger partial charge on any atom is -0.285 e. The zero-order valence-electron chi connectivity index (χ0n) is 5.00. The zero-order valence-corrected chi connectivity index (χ0v) is 7.16. The molecule has 0 radical (unpaired) electrons. The second-order valence-corrected chi connectivity index (χ2v) is 2.85. The van der Waals surface area contributed by atoms with Gasteiger partial charge in [-0.3, -0.25) is 5.43 Å². The molecule has 1 aromatic heterocycles. The van der Waals surface area contributed by atoms with Crippen LogP contribution >= 0.6 is 22.9 Å². The second-order valence-electron chi connectivity index (χ2n) is 1.89. The maximum absolute atomic E-state index is 4.09. The molecule has 1 aliphatic heterocycles. The van der Waals surface area contributed by atoms with Gasteiger partial charge < -0.3 is 0 Å². The van der Waals surface area contributed by atoms with E-state index < -0.39 is 0 Å². The van der Waals surface area contributed by atoms with E-state index in [0.29, 0.717) is 0 Å². The van der Waals surface area contributed by atoms with E-state index in [1.165, 1.54) is 0 Å². The summed E-state index contributed by atoms with van der Waals surface area (Å²) in [7, 11) is 0. The van der Waals surface area contributed by atoms with Crippen molar-refractivity contribution >= 4 is 34.4 Å². The molecule has 5 heteroatoms. The molecule has 0 saturated heterocycles. The quantitative estimate of drug-likeness (QED) is 0.532. The summed E-state index contributed by atoms with van der Waals surface area (Å²) >= 11 is 2.14. The summed E-state index contributed by atoms with van der Waals surface area (Å²) in [6, 6.07) is 3.89. The smallest absolute Gasteiger partial charge is 0.167 e. The first kappa shape index (κ1) is 6.17. The number of nitrogens with zero attached hydrogens (tertiary/aromatic N) is 2. The summed E-state index contributed by atoms with van der Waals surface area (Å²) < 4.78 is 1.85. The molecular formula is C5H5IN4. The van der Waals surface area contributed by atoms with Crippen molar-refractivity contribution in [1.82, 2.24) is 10.5 Å². The number of nitrogens with one attached hydrogen (secondary N) is 2. The third-order valence-corrected chi connectivity index (χ3v) is 2.03. The van der Waals surface area contributed by atoms with E-state index >= 15 is 0 Å². The SMILES string of the molecule is IN1NNc2ncccc21. The van der Waals surface area contributed by atoms with Gasteiger partial charge >= 0.3 is 0 Å². The van der Waals surface area contributed by atoms with Crippen LogP contribution in [0.3, 0.4) is 0 Å². The number of hydrazine groups is 2. The van der Waals surface area contributed by atoms with Crippen LogP contribution in [0.4, 0.5) is 11.5 Å². The summed E-state index contributed by atoms with van der Waals surface area (Å²) in [4.78, 5) is 4.09. The van der Waals surface area contributed by atoms with Crippen molar-refractivity contribution < 1.29 is 0 Å². The molecule has 1 aromatic rings. The van der Waals surface area contributed by atoms with Crippen LogP contribution in [0, 0.1) is 0 Å². The number of hydrogen-bond acceptors (Lipinski definition) is 4. The molecule has 0 aromatic carbocycles. The van der Waals surface area contributed by atoms with E-state index in [1.54, 1.807) is 6.20 Å². The fourth-order valence-corrected chi connectivity index (χ4v) is 1.32. The Morgan fingerprint density at radius 2 is 2.50 bits per heavy atom. The Kier molecular flexibility index (Phi) is 1.38. The van der Waals surface area contributed by atoms with Crippen molar-refractivity contribution in [1.29, 1.82) is 0 Å². The molecule has 0 amide bonds. The highest BCUT2D eigenvalue weighted by Gasteiger charge is 2.15. The van der Waals surface area contributed by atoms with Crippen molar-refractivity contribution in [2.75, 3.05) is 8.65 Å². The Morgan fingerprint density at radius 3 is 3.30 bits per heavy atom. The highest BCUT2D eigenvalue weighted by Crippen LogP contribution is 2.27. The molecule has 10 heavy (non-hydrogen) atoms. The number of hydrogen-bond donors (Lipinski definition) is 2. The van der Waals surface area contributed by atoms with Crippen molar-refractivity contribution in [3.8, 4) is 0 Å². The normalized spacial score (nSPS) is 14.7. The van der Waals surface area contributed by atoms with Crippen LogP contribution in [0.15, 0.2) is 18.3 Å². The van der Waals surface area contributed by atoms with Gasteiger partial charge in [-0.2, -0.15) is 0 Å². The number of halogens is 1. The fraction of sp³-hybridized carbons (Fsp3) is 0. The minimum absolute atomic E-state index is 0.872. The molecule has 52 valence electrons. The number of rotatable bonds is 0. The van der Waals surface area contributed by atoms with E-state index in [2.05, 4.69) is 38.8 Å². The van der Waals surface area contributed by atoms with Crippen LogP contribution in [0.2, 0.25) is 0 Å².